The number of hydrogen-bond acceptors (Lipinski definition) is 3. The van der Waals surface area contributed by atoms with Gasteiger partial charge < -0.3 is 10.4 Å². The molecule has 0 aliphatic carbocycles. The summed E-state index contributed by atoms with van der Waals surface area (Å²) in [6, 6.07) is 18.7. The third-order valence-corrected chi connectivity index (χ3v) is 5.36. The van der Waals surface area contributed by atoms with Crippen molar-refractivity contribution in [2.24, 2.45) is 0 Å². The van der Waals surface area contributed by atoms with Crippen LogP contribution in [-0.4, -0.2) is 34.7 Å². The topological polar surface area (TPSA) is 49.3 Å². The number of nitrogens with one attached hydrogen (secondary N) is 1. The molecule has 1 amide bonds. The van der Waals surface area contributed by atoms with Crippen LogP contribution in [0.2, 0.25) is 0 Å². The summed E-state index contributed by atoms with van der Waals surface area (Å²) in [7, 11) is 0. The lowest BCUT2D eigenvalue weighted by Crippen LogP contribution is -2.47. The fourth-order valence-electron chi connectivity index (χ4n) is 2.71. The van der Waals surface area contributed by atoms with E-state index in [1.165, 1.54) is 16.7 Å². The first-order chi connectivity index (χ1) is 11.2. The molecular weight excluding hydrogens is 306 g/mol. The Morgan fingerprint density at radius 3 is 2.43 bits per heavy atom. The van der Waals surface area contributed by atoms with Gasteiger partial charge in [-0.2, -0.15) is 11.8 Å². The van der Waals surface area contributed by atoms with E-state index in [-0.39, 0.29) is 5.91 Å². The zero-order valence-corrected chi connectivity index (χ0v) is 13.8. The van der Waals surface area contributed by atoms with Gasteiger partial charge >= 0.3 is 0 Å². The van der Waals surface area contributed by atoms with E-state index >= 15 is 0 Å². The molecule has 1 unspecified atom stereocenters. The first-order valence-corrected chi connectivity index (χ1v) is 9.06. The number of rotatable bonds is 5. The highest BCUT2D eigenvalue weighted by molar-refractivity contribution is 7.99. The van der Waals surface area contributed by atoms with E-state index in [9.17, 15) is 9.90 Å². The summed E-state index contributed by atoms with van der Waals surface area (Å²) in [5.74, 6) is 1.12. The molecule has 0 spiro atoms. The van der Waals surface area contributed by atoms with E-state index in [1.54, 1.807) is 11.8 Å². The second-order valence-corrected chi connectivity index (χ2v) is 7.01. The van der Waals surface area contributed by atoms with Crippen molar-refractivity contribution in [1.82, 2.24) is 5.32 Å². The van der Waals surface area contributed by atoms with Gasteiger partial charge in [-0.15, -0.1) is 0 Å². The van der Waals surface area contributed by atoms with Crippen molar-refractivity contribution >= 4 is 17.7 Å². The summed E-state index contributed by atoms with van der Waals surface area (Å²) in [6.45, 7) is 0.552. The normalized spacial score (nSPS) is 20.4. The molecule has 1 fully saturated rings. The number of carbonyl (C=O) groups excluding carboxylic acids is 1. The number of benzene rings is 2. The Morgan fingerprint density at radius 2 is 1.78 bits per heavy atom. The van der Waals surface area contributed by atoms with Crippen LogP contribution in [-0.2, 0) is 11.2 Å². The Balaban J connectivity index is 1.52. The zero-order chi connectivity index (χ0) is 16.1. The number of thioether (sulfide) groups is 1. The van der Waals surface area contributed by atoms with E-state index in [0.717, 1.165) is 12.2 Å². The fraction of sp³-hybridized carbons (Fsp3) is 0.316. The molecule has 3 rings (SSSR count). The van der Waals surface area contributed by atoms with Crippen LogP contribution < -0.4 is 5.32 Å². The molecule has 1 atom stereocenters. The van der Waals surface area contributed by atoms with Gasteiger partial charge in [-0.3, -0.25) is 4.79 Å². The van der Waals surface area contributed by atoms with Gasteiger partial charge in [0, 0.05) is 12.3 Å². The van der Waals surface area contributed by atoms with Crippen LogP contribution in [0.1, 0.15) is 12.0 Å². The lowest BCUT2D eigenvalue weighted by Gasteiger charge is -2.20. The Bertz CT molecular complexity index is 649. The summed E-state index contributed by atoms with van der Waals surface area (Å²) in [6.07, 6.45) is 1.32. The molecular formula is C19H21NO2S. The van der Waals surface area contributed by atoms with Crippen LogP contribution >= 0.6 is 11.8 Å². The molecule has 1 aliphatic heterocycles. The third-order valence-electron chi connectivity index (χ3n) is 4.18. The molecule has 4 heteroatoms. The van der Waals surface area contributed by atoms with Crippen molar-refractivity contribution in [3.05, 3.63) is 60.2 Å². The standard InChI is InChI=1S/C19H21NO2S/c21-18(19(22)11-13-23-14-19)20-12-10-15-6-8-17(9-7-15)16-4-2-1-3-5-16/h1-9,22H,10-14H2,(H,20,21). The van der Waals surface area contributed by atoms with E-state index in [1.807, 2.05) is 18.2 Å². The van der Waals surface area contributed by atoms with Gasteiger partial charge in [-0.05, 0) is 35.3 Å². The molecule has 2 aromatic rings. The van der Waals surface area contributed by atoms with Gasteiger partial charge in [0.05, 0.1) is 0 Å². The van der Waals surface area contributed by atoms with Gasteiger partial charge in [0.1, 0.15) is 0 Å². The number of aliphatic hydroxyl groups is 1. The van der Waals surface area contributed by atoms with Gasteiger partial charge in [-0.25, -0.2) is 0 Å². The third kappa shape index (κ3) is 3.95. The van der Waals surface area contributed by atoms with Crippen LogP contribution in [0.4, 0.5) is 0 Å². The monoisotopic (exact) mass is 327 g/mol. The van der Waals surface area contributed by atoms with Crippen molar-refractivity contribution < 1.29 is 9.90 Å². The first-order valence-electron chi connectivity index (χ1n) is 7.90. The summed E-state index contributed by atoms with van der Waals surface area (Å²) in [5, 5.41) is 13.0. The number of hydrogen-bond donors (Lipinski definition) is 2. The molecule has 120 valence electrons. The second kappa shape index (κ2) is 7.20. The maximum absolute atomic E-state index is 12.0. The molecule has 2 aromatic carbocycles. The van der Waals surface area contributed by atoms with E-state index < -0.39 is 5.60 Å². The minimum atomic E-state index is -1.16. The highest BCUT2D eigenvalue weighted by atomic mass is 32.2. The molecule has 3 nitrogen and oxygen atoms in total. The van der Waals surface area contributed by atoms with Crippen LogP contribution in [0.5, 0.6) is 0 Å². The quantitative estimate of drug-likeness (QED) is 0.888. The van der Waals surface area contributed by atoms with Crippen LogP contribution in [0.15, 0.2) is 54.6 Å². The SMILES string of the molecule is O=C(NCCc1ccc(-c2ccccc2)cc1)C1(O)CCSC1. The van der Waals surface area contributed by atoms with Crippen LogP contribution in [0.3, 0.4) is 0 Å². The molecule has 0 radical (unpaired) electrons. The number of amides is 1. The highest BCUT2D eigenvalue weighted by Crippen LogP contribution is 2.27. The Hall–Kier alpha value is -1.78. The van der Waals surface area contributed by atoms with Crippen molar-refractivity contribution in [2.45, 2.75) is 18.4 Å². The highest BCUT2D eigenvalue weighted by Gasteiger charge is 2.39. The summed E-state index contributed by atoms with van der Waals surface area (Å²) < 4.78 is 0. The Labute approximate surface area is 141 Å². The van der Waals surface area contributed by atoms with Crippen LogP contribution in [0.25, 0.3) is 11.1 Å². The Morgan fingerprint density at radius 1 is 1.09 bits per heavy atom. The Kier molecular flexibility index (Phi) is 5.03. The minimum Gasteiger partial charge on any atom is -0.379 e. The predicted octanol–water partition coefficient (Wildman–Crippen LogP) is 2.88. The van der Waals surface area contributed by atoms with Crippen molar-refractivity contribution in [3.63, 3.8) is 0 Å². The molecule has 0 bridgehead atoms. The summed E-state index contributed by atoms with van der Waals surface area (Å²) in [5.41, 5.74) is 2.41. The fourth-order valence-corrected chi connectivity index (χ4v) is 3.95. The van der Waals surface area contributed by atoms with E-state index in [4.69, 9.17) is 0 Å². The predicted molar refractivity (Wildman–Crippen MR) is 95.5 cm³/mol. The van der Waals surface area contributed by atoms with Gasteiger partial charge in [0.15, 0.2) is 5.60 Å². The molecule has 2 N–H and O–H groups in total. The smallest absolute Gasteiger partial charge is 0.252 e. The molecule has 0 aromatic heterocycles. The zero-order valence-electron chi connectivity index (χ0n) is 13.0. The lowest BCUT2D eigenvalue weighted by atomic mass is 10.0. The van der Waals surface area contributed by atoms with Crippen molar-refractivity contribution in [2.75, 3.05) is 18.1 Å². The first kappa shape index (κ1) is 16.1. The number of carbonyl (C=O) groups is 1. The molecule has 23 heavy (non-hydrogen) atoms. The average Bonchev–Trinajstić information content (AvgIpc) is 3.04. The van der Waals surface area contributed by atoms with E-state index in [2.05, 4.69) is 41.7 Å². The second-order valence-electron chi connectivity index (χ2n) is 5.90. The summed E-state index contributed by atoms with van der Waals surface area (Å²) in [4.78, 5) is 12.0. The van der Waals surface area contributed by atoms with Crippen LogP contribution in [0, 0.1) is 0 Å². The van der Waals surface area contributed by atoms with Crippen molar-refractivity contribution in [3.8, 4) is 11.1 Å². The molecule has 1 saturated heterocycles. The average molecular weight is 327 g/mol. The minimum absolute atomic E-state index is 0.233. The molecule has 1 aliphatic rings. The van der Waals surface area contributed by atoms with Crippen molar-refractivity contribution in [1.29, 1.82) is 0 Å². The van der Waals surface area contributed by atoms with Gasteiger partial charge in [0.2, 0.25) is 0 Å². The largest absolute Gasteiger partial charge is 0.379 e. The lowest BCUT2D eigenvalue weighted by molar-refractivity contribution is -0.137. The summed E-state index contributed by atoms with van der Waals surface area (Å²) >= 11 is 1.63. The van der Waals surface area contributed by atoms with Gasteiger partial charge in [-0.1, -0.05) is 54.6 Å². The van der Waals surface area contributed by atoms with Gasteiger partial charge in [0.25, 0.3) is 5.91 Å². The van der Waals surface area contributed by atoms with E-state index in [0.29, 0.717) is 18.7 Å². The molecule has 0 saturated carbocycles. The maximum Gasteiger partial charge on any atom is 0.252 e. The maximum atomic E-state index is 12.0. The molecule has 1 heterocycles.